The monoisotopic (exact) mass is 335 g/mol. The molecule has 2 atom stereocenters. The van der Waals surface area contributed by atoms with Crippen molar-refractivity contribution in [1.29, 1.82) is 0 Å². The van der Waals surface area contributed by atoms with Gasteiger partial charge in [-0.1, -0.05) is 6.07 Å². The van der Waals surface area contributed by atoms with E-state index < -0.39 is 12.1 Å². The lowest BCUT2D eigenvalue weighted by Crippen LogP contribution is -2.31. The lowest BCUT2D eigenvalue weighted by Gasteiger charge is -2.23. The van der Waals surface area contributed by atoms with Crippen LogP contribution in [0.15, 0.2) is 24.3 Å². The van der Waals surface area contributed by atoms with Gasteiger partial charge in [-0.25, -0.2) is 4.79 Å². The minimum absolute atomic E-state index is 0.0510. The normalized spacial score (nSPS) is 18.7. The molecule has 2 rings (SSSR count). The molecular weight excluding hydrogens is 310 g/mol. The van der Waals surface area contributed by atoms with Gasteiger partial charge in [0.25, 0.3) is 5.91 Å². The fourth-order valence-corrected chi connectivity index (χ4v) is 2.41. The van der Waals surface area contributed by atoms with E-state index in [0.29, 0.717) is 17.9 Å². The Morgan fingerprint density at radius 2 is 2.12 bits per heavy atom. The Bertz CT molecular complexity index is 566. The van der Waals surface area contributed by atoms with Crippen LogP contribution < -0.4 is 4.74 Å². The van der Waals surface area contributed by atoms with Crippen molar-refractivity contribution in [3.8, 4) is 5.75 Å². The largest absolute Gasteiger partial charge is 0.425 e. The summed E-state index contributed by atoms with van der Waals surface area (Å²) in [7, 11) is 3.34. The van der Waals surface area contributed by atoms with Gasteiger partial charge in [0.1, 0.15) is 5.75 Å². The highest BCUT2D eigenvalue weighted by Crippen LogP contribution is 2.17. The number of ether oxygens (including phenoxy) is 3. The molecule has 0 aliphatic carbocycles. The number of hydrogen-bond acceptors (Lipinski definition) is 5. The van der Waals surface area contributed by atoms with Gasteiger partial charge < -0.3 is 19.1 Å². The second kappa shape index (κ2) is 8.80. The van der Waals surface area contributed by atoms with Crippen LogP contribution in [0.3, 0.4) is 0 Å². The third-order valence-corrected chi connectivity index (χ3v) is 3.84. The van der Waals surface area contributed by atoms with Crippen molar-refractivity contribution >= 4 is 11.9 Å². The molecule has 0 N–H and O–H groups in total. The average Bonchev–Trinajstić information content (AvgIpc) is 2.60. The molecule has 1 saturated heterocycles. The van der Waals surface area contributed by atoms with Gasteiger partial charge in [0, 0.05) is 26.3 Å². The molecule has 1 heterocycles. The van der Waals surface area contributed by atoms with Crippen molar-refractivity contribution in [2.45, 2.75) is 38.4 Å². The molecule has 0 spiro atoms. The summed E-state index contributed by atoms with van der Waals surface area (Å²) >= 11 is 0. The third kappa shape index (κ3) is 5.32. The van der Waals surface area contributed by atoms with Crippen molar-refractivity contribution in [2.24, 2.45) is 0 Å². The van der Waals surface area contributed by atoms with Crippen molar-refractivity contribution < 1.29 is 23.8 Å². The minimum atomic E-state index is -0.691. The van der Waals surface area contributed by atoms with Crippen LogP contribution in [0.1, 0.15) is 36.5 Å². The van der Waals surface area contributed by atoms with Gasteiger partial charge >= 0.3 is 5.97 Å². The molecule has 0 aromatic heterocycles. The van der Waals surface area contributed by atoms with Crippen LogP contribution >= 0.6 is 0 Å². The zero-order chi connectivity index (χ0) is 17.5. The zero-order valence-electron chi connectivity index (χ0n) is 14.5. The van der Waals surface area contributed by atoms with Crippen molar-refractivity contribution in [3.63, 3.8) is 0 Å². The molecule has 132 valence electrons. The van der Waals surface area contributed by atoms with E-state index in [9.17, 15) is 9.59 Å². The molecule has 1 aromatic carbocycles. The zero-order valence-corrected chi connectivity index (χ0v) is 14.5. The van der Waals surface area contributed by atoms with E-state index in [0.717, 1.165) is 25.9 Å². The molecular formula is C18H25NO5. The molecule has 6 heteroatoms. The summed E-state index contributed by atoms with van der Waals surface area (Å²) in [5.74, 6) is -0.302. The second-order valence-electron chi connectivity index (χ2n) is 6.11. The lowest BCUT2D eigenvalue weighted by atomic mass is 10.1. The minimum Gasteiger partial charge on any atom is -0.425 e. The summed E-state index contributed by atoms with van der Waals surface area (Å²) < 4.78 is 16.4. The molecule has 1 aliphatic heterocycles. The van der Waals surface area contributed by atoms with E-state index in [-0.39, 0.29) is 12.0 Å². The first-order chi connectivity index (χ1) is 11.5. The third-order valence-electron chi connectivity index (χ3n) is 3.84. The SMILES string of the molecule is CC(OCC1CCCCO1)C(=O)Oc1cccc(C(=O)N(C)C)c1. The van der Waals surface area contributed by atoms with Crippen molar-refractivity contribution in [2.75, 3.05) is 27.3 Å². The van der Waals surface area contributed by atoms with Gasteiger partial charge in [-0.3, -0.25) is 4.79 Å². The Labute approximate surface area is 142 Å². The highest BCUT2D eigenvalue weighted by molar-refractivity contribution is 5.94. The van der Waals surface area contributed by atoms with Gasteiger partial charge in [-0.05, 0) is 44.4 Å². The van der Waals surface area contributed by atoms with Crippen LogP contribution in [-0.4, -0.2) is 56.3 Å². The molecule has 1 aliphatic rings. The maximum Gasteiger partial charge on any atom is 0.340 e. The molecule has 2 unspecified atom stereocenters. The molecule has 24 heavy (non-hydrogen) atoms. The predicted molar refractivity (Wildman–Crippen MR) is 89.1 cm³/mol. The fourth-order valence-electron chi connectivity index (χ4n) is 2.41. The Morgan fingerprint density at radius 3 is 2.79 bits per heavy atom. The molecule has 1 amide bonds. The summed E-state index contributed by atoms with van der Waals surface area (Å²) in [6.45, 7) is 2.79. The highest BCUT2D eigenvalue weighted by atomic mass is 16.6. The maximum atomic E-state index is 12.1. The second-order valence-corrected chi connectivity index (χ2v) is 6.11. The predicted octanol–water partition coefficient (Wildman–Crippen LogP) is 2.27. The molecule has 0 bridgehead atoms. The smallest absolute Gasteiger partial charge is 0.340 e. The van der Waals surface area contributed by atoms with Crippen LogP contribution in [0.2, 0.25) is 0 Å². The Morgan fingerprint density at radius 1 is 1.33 bits per heavy atom. The van der Waals surface area contributed by atoms with E-state index in [1.807, 2.05) is 0 Å². The number of hydrogen-bond donors (Lipinski definition) is 0. The number of carbonyl (C=O) groups excluding carboxylic acids is 2. The molecule has 1 fully saturated rings. The number of nitrogens with zero attached hydrogens (tertiary/aromatic N) is 1. The Kier molecular flexibility index (Phi) is 6.75. The first kappa shape index (κ1) is 18.4. The highest BCUT2D eigenvalue weighted by Gasteiger charge is 2.20. The molecule has 6 nitrogen and oxygen atoms in total. The van der Waals surface area contributed by atoms with Gasteiger partial charge in [0.15, 0.2) is 6.10 Å². The van der Waals surface area contributed by atoms with E-state index in [1.165, 1.54) is 4.90 Å². The summed E-state index contributed by atoms with van der Waals surface area (Å²) in [5, 5.41) is 0. The summed E-state index contributed by atoms with van der Waals surface area (Å²) in [6.07, 6.45) is 2.52. The van der Waals surface area contributed by atoms with Gasteiger partial charge in [0.05, 0.1) is 12.7 Å². The van der Waals surface area contributed by atoms with E-state index in [2.05, 4.69) is 0 Å². The quantitative estimate of drug-likeness (QED) is 0.589. The van der Waals surface area contributed by atoms with Crippen LogP contribution in [0, 0.1) is 0 Å². The summed E-state index contributed by atoms with van der Waals surface area (Å²) in [4.78, 5) is 25.5. The summed E-state index contributed by atoms with van der Waals surface area (Å²) in [6, 6.07) is 6.55. The molecule has 0 saturated carbocycles. The maximum absolute atomic E-state index is 12.1. The number of esters is 1. The number of benzene rings is 1. The van der Waals surface area contributed by atoms with E-state index in [1.54, 1.807) is 45.3 Å². The van der Waals surface area contributed by atoms with Crippen molar-refractivity contribution in [1.82, 2.24) is 4.90 Å². The van der Waals surface area contributed by atoms with Crippen LogP contribution in [0.4, 0.5) is 0 Å². The van der Waals surface area contributed by atoms with Crippen LogP contribution in [0.5, 0.6) is 5.75 Å². The van der Waals surface area contributed by atoms with E-state index >= 15 is 0 Å². The first-order valence-electron chi connectivity index (χ1n) is 8.24. The van der Waals surface area contributed by atoms with Crippen molar-refractivity contribution in [3.05, 3.63) is 29.8 Å². The van der Waals surface area contributed by atoms with Crippen LogP contribution in [-0.2, 0) is 14.3 Å². The first-order valence-corrected chi connectivity index (χ1v) is 8.24. The Hall–Kier alpha value is -1.92. The van der Waals surface area contributed by atoms with E-state index in [4.69, 9.17) is 14.2 Å². The topological polar surface area (TPSA) is 65.1 Å². The Balaban J connectivity index is 1.86. The lowest BCUT2D eigenvalue weighted by molar-refractivity contribution is -0.149. The fraction of sp³-hybridized carbons (Fsp3) is 0.556. The summed E-state index contributed by atoms with van der Waals surface area (Å²) in [5.41, 5.74) is 0.467. The number of amides is 1. The average molecular weight is 335 g/mol. The standard InChI is InChI=1S/C18H25NO5/c1-13(23-12-16-8-4-5-10-22-16)18(21)24-15-9-6-7-14(11-15)17(20)19(2)3/h6-7,9,11,13,16H,4-5,8,10,12H2,1-3H3. The van der Waals surface area contributed by atoms with Gasteiger partial charge in [-0.15, -0.1) is 0 Å². The molecule has 1 aromatic rings. The van der Waals surface area contributed by atoms with Crippen LogP contribution in [0.25, 0.3) is 0 Å². The number of carbonyl (C=O) groups is 2. The van der Waals surface area contributed by atoms with Gasteiger partial charge in [-0.2, -0.15) is 0 Å². The molecule has 0 radical (unpaired) electrons. The number of rotatable bonds is 6. The van der Waals surface area contributed by atoms with Gasteiger partial charge in [0.2, 0.25) is 0 Å².